The maximum atomic E-state index is 12.5. The molecule has 6 aromatic rings. The molecule has 2 aromatic heterocycles. The van der Waals surface area contributed by atoms with Crippen molar-refractivity contribution in [1.29, 1.82) is 0 Å². The first-order valence-corrected chi connectivity index (χ1v) is 15.2. The topological polar surface area (TPSA) is 162 Å². The van der Waals surface area contributed by atoms with E-state index in [2.05, 4.69) is 30.7 Å². The molecule has 0 fully saturated rings. The molecular formula is C34H29Cl2CrN8Na2O4+. The fraction of sp³-hybridized carbons (Fsp3) is 0.118. The summed E-state index contributed by atoms with van der Waals surface area (Å²) in [6.45, 7) is 6.77. The van der Waals surface area contributed by atoms with Crippen molar-refractivity contribution in [2.45, 2.75) is 27.7 Å². The number of phenols is 2. The average molecular weight is 783 g/mol. The van der Waals surface area contributed by atoms with E-state index in [1.54, 1.807) is 64.1 Å². The van der Waals surface area contributed by atoms with Crippen molar-refractivity contribution in [2.24, 2.45) is 20.5 Å². The number of hydrogen-bond acceptors (Lipinski definition) is 8. The largest absolute Gasteiger partial charge is 1.00 e. The Kier molecular flexibility index (Phi) is 16.9. The molecule has 0 aliphatic heterocycles. The van der Waals surface area contributed by atoms with Gasteiger partial charge in [0.25, 0.3) is 11.1 Å². The van der Waals surface area contributed by atoms with E-state index in [0.29, 0.717) is 43.9 Å². The summed E-state index contributed by atoms with van der Waals surface area (Å²) in [4.78, 5) is 25.0. The smallest absolute Gasteiger partial charge is 0.589 e. The van der Waals surface area contributed by atoms with Crippen LogP contribution in [0.5, 0.6) is 11.5 Å². The molecule has 0 aliphatic rings. The summed E-state index contributed by atoms with van der Waals surface area (Å²) < 4.78 is 2.54. The summed E-state index contributed by atoms with van der Waals surface area (Å²) >= 11 is 11.9. The Morgan fingerprint density at radius 1 is 0.588 bits per heavy atom. The second kappa shape index (κ2) is 19.6. The van der Waals surface area contributed by atoms with E-state index >= 15 is 0 Å². The number of para-hydroxylation sites is 2. The number of aromatic hydroxyl groups is 2. The van der Waals surface area contributed by atoms with E-state index in [0.717, 1.165) is 0 Å². The summed E-state index contributed by atoms with van der Waals surface area (Å²) in [5.41, 5.74) is 3.25. The number of hydrogen-bond donors (Lipinski definition) is 2. The Balaban J connectivity index is 0.000000483. The van der Waals surface area contributed by atoms with Gasteiger partial charge in [-0.05, 0) is 73.5 Å². The van der Waals surface area contributed by atoms with E-state index in [9.17, 15) is 19.8 Å². The van der Waals surface area contributed by atoms with Gasteiger partial charge in [-0.15, -0.1) is 31.8 Å². The van der Waals surface area contributed by atoms with Gasteiger partial charge in [-0.3, -0.25) is 9.59 Å². The van der Waals surface area contributed by atoms with Crippen molar-refractivity contribution >= 4 is 46.0 Å². The SMILES string of the molecule is Cc1cc(Cl)cc(N=Nc2c(C)[n-]n(-c3ccccc3)c2=O)c1O.Cc1cc(Cl)cc(N=Nc2c(C)[n-]n(-c3ccccc3)c2=O)c1O.[Cr].[H+].[Na+].[Na+]. The zero-order valence-electron chi connectivity index (χ0n) is 29.5. The van der Waals surface area contributed by atoms with Gasteiger partial charge < -0.3 is 29.8 Å². The molecule has 0 spiro atoms. The van der Waals surface area contributed by atoms with Crippen molar-refractivity contribution < 1.29 is 88.1 Å². The maximum Gasteiger partial charge on any atom is 1.00 e. The van der Waals surface area contributed by atoms with Gasteiger partial charge in [-0.1, -0.05) is 73.4 Å². The number of phenolic OH excluding ortho intramolecular Hbond substituents is 2. The second-order valence-corrected chi connectivity index (χ2v) is 11.4. The molecule has 2 heterocycles. The Labute approximate surface area is 359 Å². The van der Waals surface area contributed by atoms with Crippen LogP contribution in [0, 0.1) is 27.7 Å². The zero-order chi connectivity index (χ0) is 34.5. The first-order valence-electron chi connectivity index (χ1n) is 14.4. The minimum Gasteiger partial charge on any atom is -0.589 e. The molecule has 0 atom stereocenters. The molecule has 51 heavy (non-hydrogen) atoms. The first kappa shape index (κ1) is 44.0. The van der Waals surface area contributed by atoms with Gasteiger partial charge in [0.2, 0.25) is 0 Å². The van der Waals surface area contributed by atoms with Crippen molar-refractivity contribution in [3.8, 4) is 22.9 Å². The van der Waals surface area contributed by atoms with Crippen LogP contribution in [-0.4, -0.2) is 19.6 Å². The van der Waals surface area contributed by atoms with Crippen LogP contribution in [0.4, 0.5) is 22.7 Å². The fourth-order valence-corrected chi connectivity index (χ4v) is 5.04. The van der Waals surface area contributed by atoms with E-state index in [1.165, 1.54) is 21.5 Å². The standard InChI is InChI=1S/2C17H15ClN4O2.Cr.2Na/c2*1-10-8-12(18)9-14(16(10)23)19-20-15-11(2)21-22(17(15)24)13-6-4-3-5-7-13;;;/h2*3-9H,1-2H3,(H2,19,20,21,23,24);;;/q;;;2*+1/p-1. The fourth-order valence-electron chi connectivity index (χ4n) is 4.51. The van der Waals surface area contributed by atoms with Crippen LogP contribution in [0.1, 0.15) is 23.9 Å². The third-order valence-corrected chi connectivity index (χ3v) is 7.42. The number of aromatic nitrogens is 4. The summed E-state index contributed by atoms with van der Waals surface area (Å²) in [6.07, 6.45) is 0. The summed E-state index contributed by atoms with van der Waals surface area (Å²) in [5.74, 6) is -0.0487. The maximum absolute atomic E-state index is 12.5. The van der Waals surface area contributed by atoms with Gasteiger partial charge in [0.05, 0.1) is 0 Å². The third kappa shape index (κ3) is 10.5. The summed E-state index contributed by atoms with van der Waals surface area (Å²) in [7, 11) is 0. The molecule has 2 N–H and O–H groups in total. The molecular weight excluding hydrogens is 753 g/mol. The molecule has 0 unspecified atom stereocenters. The van der Waals surface area contributed by atoms with Gasteiger partial charge in [0.1, 0.15) is 34.2 Å². The zero-order valence-corrected chi connectivity index (χ0v) is 35.3. The quantitative estimate of drug-likeness (QED) is 0.195. The van der Waals surface area contributed by atoms with Gasteiger partial charge in [-0.2, -0.15) is 0 Å². The number of nitrogens with zero attached hydrogens (tertiary/aromatic N) is 8. The molecule has 12 nitrogen and oxygen atoms in total. The predicted molar refractivity (Wildman–Crippen MR) is 185 cm³/mol. The first-order chi connectivity index (χ1) is 22.9. The molecule has 4 aromatic carbocycles. The summed E-state index contributed by atoms with van der Waals surface area (Å²) in [5, 5.41) is 45.2. The van der Waals surface area contributed by atoms with Gasteiger partial charge in [0.15, 0.2) is 0 Å². The van der Waals surface area contributed by atoms with E-state index in [4.69, 9.17) is 23.2 Å². The molecule has 250 valence electrons. The average Bonchev–Trinajstić information content (AvgIpc) is 3.52. The number of rotatable bonds is 6. The van der Waals surface area contributed by atoms with Crippen LogP contribution in [0.15, 0.2) is 115 Å². The van der Waals surface area contributed by atoms with Crippen LogP contribution >= 0.6 is 23.2 Å². The van der Waals surface area contributed by atoms with Gasteiger partial charge >= 0.3 is 60.5 Å². The van der Waals surface area contributed by atoms with E-state index in [1.807, 2.05) is 36.4 Å². The predicted octanol–water partition coefficient (Wildman–Crippen LogP) is 2.49. The molecule has 0 saturated carbocycles. The number of halogens is 2. The minimum absolute atomic E-state index is 0. The normalized spacial score (nSPS) is 10.6. The minimum atomic E-state index is -0.374. The van der Waals surface area contributed by atoms with Crippen molar-refractivity contribution in [1.82, 2.24) is 19.6 Å². The molecule has 0 aliphatic carbocycles. The molecule has 17 heteroatoms. The molecule has 0 saturated heterocycles. The van der Waals surface area contributed by atoms with E-state index in [-0.39, 0.29) is 123 Å². The van der Waals surface area contributed by atoms with Crippen LogP contribution in [0.25, 0.3) is 11.4 Å². The van der Waals surface area contributed by atoms with E-state index < -0.39 is 0 Å². The number of azo groups is 2. The Morgan fingerprint density at radius 2 is 0.922 bits per heavy atom. The van der Waals surface area contributed by atoms with Crippen molar-refractivity contribution in [2.75, 3.05) is 0 Å². The molecule has 6 rings (SSSR count). The van der Waals surface area contributed by atoms with Crippen molar-refractivity contribution in [3.05, 3.63) is 138 Å². The van der Waals surface area contributed by atoms with Crippen LogP contribution in [-0.2, 0) is 17.4 Å². The Morgan fingerprint density at radius 3 is 1.25 bits per heavy atom. The third-order valence-electron chi connectivity index (χ3n) is 6.98. The van der Waals surface area contributed by atoms with Crippen LogP contribution in [0.3, 0.4) is 0 Å². The van der Waals surface area contributed by atoms with Crippen LogP contribution in [0.2, 0.25) is 10.0 Å². The number of benzene rings is 4. The Bertz CT molecular complexity index is 2140. The van der Waals surface area contributed by atoms with Crippen molar-refractivity contribution in [3.63, 3.8) is 0 Å². The monoisotopic (exact) mass is 781 g/mol. The van der Waals surface area contributed by atoms with Gasteiger partial charge in [-0.25, -0.2) is 0 Å². The number of aryl methyl sites for hydroxylation is 4. The molecule has 0 radical (unpaired) electrons. The van der Waals surface area contributed by atoms with Gasteiger partial charge in [0, 0.05) is 38.8 Å². The Hall–Kier alpha value is -3.19. The van der Waals surface area contributed by atoms with Crippen LogP contribution < -0.4 is 80.4 Å². The second-order valence-electron chi connectivity index (χ2n) is 10.6. The summed E-state index contributed by atoms with van der Waals surface area (Å²) in [6, 6.07) is 24.3. The molecule has 0 bridgehead atoms. The molecule has 0 amide bonds.